The topological polar surface area (TPSA) is 51.8 Å². The molecule has 0 saturated heterocycles. The number of thioether (sulfide) groups is 1. The quantitative estimate of drug-likeness (QED) is 0.320. The first-order valence-electron chi connectivity index (χ1n) is 10.1. The molecule has 0 saturated carbocycles. The van der Waals surface area contributed by atoms with Crippen LogP contribution in [0.15, 0.2) is 86.0 Å². The molecule has 0 spiro atoms. The summed E-state index contributed by atoms with van der Waals surface area (Å²) in [6, 6.07) is 17.2. The molecule has 3 aromatic carbocycles. The number of hydrogen-bond donors (Lipinski definition) is 0. The van der Waals surface area contributed by atoms with Crippen LogP contribution in [0.5, 0.6) is 5.75 Å². The van der Waals surface area contributed by atoms with E-state index in [1.807, 2.05) is 36.4 Å². The van der Waals surface area contributed by atoms with Crippen molar-refractivity contribution >= 4 is 45.7 Å². The van der Waals surface area contributed by atoms with E-state index < -0.39 is 5.82 Å². The van der Waals surface area contributed by atoms with Crippen molar-refractivity contribution in [3.05, 3.63) is 99.1 Å². The Morgan fingerprint density at radius 2 is 1.97 bits per heavy atom. The number of rotatable bonds is 1. The standard InChI is InChI=1S/C25H15ClFNO3S/c26-13-5-7-20-15(9-13)23-17(11-30-20)25(32-22-4-2-1-3-19(22)28-23)18-12-31-21-8-6-14(27)10-16(21)24(18)29/h1-10,12,17,25H,11H2/t17-,25+/m1/s1. The summed E-state index contributed by atoms with van der Waals surface area (Å²) in [5, 5.41) is 0.464. The Bertz CT molecular complexity index is 1480. The molecule has 0 radical (unpaired) electrons. The second kappa shape index (κ2) is 7.50. The lowest BCUT2D eigenvalue weighted by molar-refractivity contribution is 0.271. The second-order valence-electron chi connectivity index (χ2n) is 7.72. The maximum atomic E-state index is 13.9. The van der Waals surface area contributed by atoms with Crippen molar-refractivity contribution in [2.24, 2.45) is 10.9 Å². The van der Waals surface area contributed by atoms with Crippen LogP contribution in [0.3, 0.4) is 0 Å². The monoisotopic (exact) mass is 463 g/mol. The molecule has 6 rings (SSSR count). The van der Waals surface area contributed by atoms with Gasteiger partial charge in [0.1, 0.15) is 17.1 Å². The molecule has 158 valence electrons. The number of aliphatic imine (C=N–C) groups is 1. The summed E-state index contributed by atoms with van der Waals surface area (Å²) in [7, 11) is 0. The minimum Gasteiger partial charge on any atom is -0.492 e. The van der Waals surface area contributed by atoms with E-state index >= 15 is 0 Å². The van der Waals surface area contributed by atoms with Crippen LogP contribution in [0.4, 0.5) is 10.1 Å². The average molecular weight is 464 g/mol. The molecule has 3 heterocycles. The first-order valence-corrected chi connectivity index (χ1v) is 11.3. The fourth-order valence-electron chi connectivity index (χ4n) is 4.25. The van der Waals surface area contributed by atoms with E-state index in [-0.39, 0.29) is 22.0 Å². The van der Waals surface area contributed by atoms with Gasteiger partial charge in [0, 0.05) is 21.0 Å². The van der Waals surface area contributed by atoms with Gasteiger partial charge in [0.05, 0.1) is 40.8 Å². The highest BCUT2D eigenvalue weighted by Gasteiger charge is 2.39. The van der Waals surface area contributed by atoms with Gasteiger partial charge in [-0.3, -0.25) is 9.79 Å². The molecular formula is C25H15ClFNO3S. The van der Waals surface area contributed by atoms with Gasteiger partial charge >= 0.3 is 0 Å². The summed E-state index contributed by atoms with van der Waals surface area (Å²) < 4.78 is 25.7. The van der Waals surface area contributed by atoms with Crippen LogP contribution in [0.2, 0.25) is 5.02 Å². The molecule has 1 aromatic heterocycles. The number of ether oxygens (including phenoxy) is 1. The van der Waals surface area contributed by atoms with Gasteiger partial charge in [-0.05, 0) is 48.5 Å². The molecule has 4 aromatic rings. The summed E-state index contributed by atoms with van der Waals surface area (Å²) in [4.78, 5) is 19.4. The number of para-hydroxylation sites is 1. The Hall–Kier alpha value is -3.09. The molecular weight excluding hydrogens is 449 g/mol. The van der Waals surface area contributed by atoms with Crippen molar-refractivity contribution in [3.63, 3.8) is 0 Å². The number of hydrogen-bond acceptors (Lipinski definition) is 5. The summed E-state index contributed by atoms with van der Waals surface area (Å²) in [6.07, 6.45) is 1.49. The summed E-state index contributed by atoms with van der Waals surface area (Å²) in [5.41, 5.74) is 3.01. The normalized spacial score (nSPS) is 19.2. The van der Waals surface area contributed by atoms with Crippen LogP contribution >= 0.6 is 23.4 Å². The van der Waals surface area contributed by atoms with Gasteiger partial charge in [-0.15, -0.1) is 11.8 Å². The Labute approximate surface area is 191 Å². The maximum absolute atomic E-state index is 13.9. The van der Waals surface area contributed by atoms with Crippen LogP contribution in [0.25, 0.3) is 11.0 Å². The minimum absolute atomic E-state index is 0.222. The third-order valence-electron chi connectivity index (χ3n) is 5.78. The molecule has 4 nitrogen and oxygen atoms in total. The number of fused-ring (bicyclic) bond motifs is 5. The Balaban J connectivity index is 1.59. The summed E-state index contributed by atoms with van der Waals surface area (Å²) >= 11 is 7.83. The van der Waals surface area contributed by atoms with Crippen LogP contribution in [-0.4, -0.2) is 12.3 Å². The van der Waals surface area contributed by atoms with Gasteiger partial charge in [-0.25, -0.2) is 4.39 Å². The molecule has 7 heteroatoms. The fraction of sp³-hybridized carbons (Fsp3) is 0.120. The fourth-order valence-corrected chi connectivity index (χ4v) is 5.75. The molecule has 0 fully saturated rings. The number of halogens is 2. The van der Waals surface area contributed by atoms with Gasteiger partial charge in [0.15, 0.2) is 5.43 Å². The average Bonchev–Trinajstić information content (AvgIpc) is 2.97. The third kappa shape index (κ3) is 3.14. The van der Waals surface area contributed by atoms with Crippen molar-refractivity contribution in [2.75, 3.05) is 6.61 Å². The van der Waals surface area contributed by atoms with Crippen molar-refractivity contribution in [1.82, 2.24) is 0 Å². The van der Waals surface area contributed by atoms with Gasteiger partial charge in [-0.1, -0.05) is 23.7 Å². The number of benzene rings is 3. The van der Waals surface area contributed by atoms with E-state index in [1.54, 1.807) is 17.8 Å². The molecule has 0 N–H and O–H groups in total. The maximum Gasteiger partial charge on any atom is 0.197 e. The van der Waals surface area contributed by atoms with Crippen molar-refractivity contribution in [1.29, 1.82) is 0 Å². The second-order valence-corrected chi connectivity index (χ2v) is 9.34. The third-order valence-corrected chi connectivity index (χ3v) is 7.45. The van der Waals surface area contributed by atoms with Gasteiger partial charge in [0.2, 0.25) is 0 Å². The molecule has 2 aliphatic rings. The largest absolute Gasteiger partial charge is 0.492 e. The van der Waals surface area contributed by atoms with Crippen LogP contribution in [0.1, 0.15) is 16.4 Å². The molecule has 0 amide bonds. The van der Waals surface area contributed by atoms with Gasteiger partial charge in [-0.2, -0.15) is 0 Å². The van der Waals surface area contributed by atoms with Gasteiger partial charge in [0.25, 0.3) is 0 Å². The highest BCUT2D eigenvalue weighted by molar-refractivity contribution is 7.99. The van der Waals surface area contributed by atoms with Crippen LogP contribution in [-0.2, 0) is 0 Å². The van der Waals surface area contributed by atoms with Crippen LogP contribution < -0.4 is 10.2 Å². The van der Waals surface area contributed by atoms with Crippen molar-refractivity contribution < 1.29 is 13.5 Å². The zero-order chi connectivity index (χ0) is 21.8. The lowest BCUT2D eigenvalue weighted by Gasteiger charge is -2.31. The molecule has 0 unspecified atom stereocenters. The van der Waals surface area contributed by atoms with E-state index in [0.29, 0.717) is 28.5 Å². The van der Waals surface area contributed by atoms with E-state index in [0.717, 1.165) is 21.9 Å². The first kappa shape index (κ1) is 19.6. The Kier molecular flexibility index (Phi) is 4.59. The van der Waals surface area contributed by atoms with Crippen molar-refractivity contribution in [2.45, 2.75) is 10.1 Å². The van der Waals surface area contributed by atoms with E-state index in [1.165, 1.54) is 24.5 Å². The van der Waals surface area contributed by atoms with E-state index in [2.05, 4.69) is 0 Å². The van der Waals surface area contributed by atoms with Gasteiger partial charge < -0.3 is 9.15 Å². The molecule has 32 heavy (non-hydrogen) atoms. The zero-order valence-electron chi connectivity index (χ0n) is 16.5. The lowest BCUT2D eigenvalue weighted by atomic mass is 9.88. The van der Waals surface area contributed by atoms with E-state index in [9.17, 15) is 9.18 Å². The zero-order valence-corrected chi connectivity index (χ0v) is 18.1. The predicted octanol–water partition coefficient (Wildman–Crippen LogP) is 6.56. The molecule has 2 atom stereocenters. The predicted molar refractivity (Wildman–Crippen MR) is 124 cm³/mol. The summed E-state index contributed by atoms with van der Waals surface area (Å²) in [6.45, 7) is 0.347. The van der Waals surface area contributed by atoms with Crippen molar-refractivity contribution in [3.8, 4) is 5.75 Å². The SMILES string of the molecule is O=c1c([C@H]2Sc3ccccc3N=C3c4cc(Cl)ccc4OC[C@H]32)coc2ccc(F)cc12. The Morgan fingerprint density at radius 1 is 1.09 bits per heavy atom. The lowest BCUT2D eigenvalue weighted by Crippen LogP contribution is -2.33. The van der Waals surface area contributed by atoms with E-state index in [4.69, 9.17) is 25.7 Å². The molecule has 2 aliphatic heterocycles. The Morgan fingerprint density at radius 3 is 2.88 bits per heavy atom. The highest BCUT2D eigenvalue weighted by atomic mass is 35.5. The summed E-state index contributed by atoms with van der Waals surface area (Å²) in [5.74, 6) is 0.0000551. The van der Waals surface area contributed by atoms with Crippen LogP contribution in [0, 0.1) is 11.7 Å². The number of nitrogens with zero attached hydrogens (tertiary/aromatic N) is 1. The minimum atomic E-state index is -0.479. The molecule has 0 bridgehead atoms. The molecule has 0 aliphatic carbocycles. The highest BCUT2D eigenvalue weighted by Crippen LogP contribution is 2.50. The first-order chi connectivity index (χ1) is 15.6. The smallest absolute Gasteiger partial charge is 0.197 e.